The summed E-state index contributed by atoms with van der Waals surface area (Å²) in [5, 5.41) is 0.364. The average Bonchev–Trinajstić information content (AvgIpc) is 2.71. The van der Waals surface area contributed by atoms with E-state index < -0.39 is 0 Å². The Bertz CT molecular complexity index is 427. The molecule has 2 atom stereocenters. The van der Waals surface area contributed by atoms with Gasteiger partial charge < -0.3 is 14.5 Å². The smallest absolute Gasteiger partial charge is 0.199 e. The lowest BCUT2D eigenvalue weighted by atomic mass is 10.1. The van der Waals surface area contributed by atoms with Crippen LogP contribution in [-0.4, -0.2) is 55.2 Å². The fourth-order valence-corrected chi connectivity index (χ4v) is 2.74. The minimum Gasteiger partial charge on any atom is -0.490 e. The molecule has 2 unspecified atom stereocenters. The van der Waals surface area contributed by atoms with Crippen LogP contribution in [0.15, 0.2) is 6.33 Å². The van der Waals surface area contributed by atoms with Gasteiger partial charge in [-0.05, 0) is 20.0 Å². The predicted octanol–water partition coefficient (Wildman–Crippen LogP) is 1.52. The minimum absolute atomic E-state index is 0.364. The molecule has 1 aliphatic rings. The van der Waals surface area contributed by atoms with Gasteiger partial charge in [0.2, 0.25) is 0 Å². The van der Waals surface area contributed by atoms with Crippen molar-refractivity contribution >= 4 is 17.4 Å². The molecule has 100 valence electrons. The van der Waals surface area contributed by atoms with E-state index in [9.17, 15) is 0 Å². The first-order chi connectivity index (χ1) is 8.54. The minimum atomic E-state index is 0.364. The zero-order valence-corrected chi connectivity index (χ0v) is 12.0. The van der Waals surface area contributed by atoms with Gasteiger partial charge in [0.1, 0.15) is 6.33 Å². The van der Waals surface area contributed by atoms with Crippen LogP contribution in [0.3, 0.4) is 0 Å². The molecule has 5 nitrogen and oxygen atoms in total. The van der Waals surface area contributed by atoms with Gasteiger partial charge in [-0.15, -0.1) is 0 Å². The predicted molar refractivity (Wildman–Crippen MR) is 72.4 cm³/mol. The van der Waals surface area contributed by atoms with Crippen molar-refractivity contribution in [2.24, 2.45) is 5.92 Å². The third-order valence-electron chi connectivity index (χ3n) is 3.48. The first kappa shape index (κ1) is 13.4. The van der Waals surface area contributed by atoms with Crippen molar-refractivity contribution in [1.82, 2.24) is 14.9 Å². The molecule has 0 saturated carbocycles. The van der Waals surface area contributed by atoms with Gasteiger partial charge in [0.05, 0.1) is 7.11 Å². The van der Waals surface area contributed by atoms with Crippen LogP contribution in [0.4, 0.5) is 5.82 Å². The number of ether oxygens (including phenoxy) is 1. The van der Waals surface area contributed by atoms with E-state index in [4.69, 9.17) is 16.3 Å². The molecule has 0 amide bonds. The number of likely N-dealkylation sites (N-methyl/N-ethyl adjacent to an activating group) is 1. The van der Waals surface area contributed by atoms with Crippen molar-refractivity contribution < 1.29 is 4.74 Å². The van der Waals surface area contributed by atoms with Crippen LogP contribution in [0.5, 0.6) is 5.75 Å². The number of nitrogens with zero attached hydrogens (tertiary/aromatic N) is 4. The topological polar surface area (TPSA) is 41.5 Å². The first-order valence-electron chi connectivity index (χ1n) is 6.00. The fourth-order valence-electron chi connectivity index (χ4n) is 2.54. The Hall–Kier alpha value is -1.07. The average molecular weight is 271 g/mol. The molecule has 0 spiro atoms. The lowest BCUT2D eigenvalue weighted by Crippen LogP contribution is -2.34. The second-order valence-corrected chi connectivity index (χ2v) is 5.29. The maximum atomic E-state index is 6.03. The molecule has 18 heavy (non-hydrogen) atoms. The molecule has 0 aliphatic carbocycles. The fraction of sp³-hybridized carbons (Fsp3) is 0.667. The molecular formula is C12H19ClN4O. The van der Waals surface area contributed by atoms with Crippen LogP contribution >= 0.6 is 11.6 Å². The van der Waals surface area contributed by atoms with Gasteiger partial charge in [0.15, 0.2) is 16.7 Å². The summed E-state index contributed by atoms with van der Waals surface area (Å²) < 4.78 is 5.31. The summed E-state index contributed by atoms with van der Waals surface area (Å²) in [6.45, 7) is 4.13. The highest BCUT2D eigenvalue weighted by atomic mass is 35.5. The van der Waals surface area contributed by atoms with Crippen LogP contribution in [0.1, 0.15) is 6.92 Å². The monoisotopic (exact) mass is 270 g/mol. The van der Waals surface area contributed by atoms with E-state index >= 15 is 0 Å². The molecule has 1 aromatic rings. The molecule has 6 heteroatoms. The lowest BCUT2D eigenvalue weighted by molar-refractivity contribution is 0.266. The maximum absolute atomic E-state index is 6.03. The third-order valence-corrected chi connectivity index (χ3v) is 3.75. The number of hydrogen-bond acceptors (Lipinski definition) is 5. The van der Waals surface area contributed by atoms with Gasteiger partial charge in [0.25, 0.3) is 0 Å². The Labute approximate surface area is 113 Å². The summed E-state index contributed by atoms with van der Waals surface area (Å²) in [7, 11) is 5.81. The number of aromatic nitrogens is 2. The van der Waals surface area contributed by atoms with Gasteiger partial charge in [-0.25, -0.2) is 9.97 Å². The van der Waals surface area contributed by atoms with E-state index in [2.05, 4.69) is 40.8 Å². The Morgan fingerprint density at radius 3 is 2.67 bits per heavy atom. The largest absolute Gasteiger partial charge is 0.490 e. The van der Waals surface area contributed by atoms with Crippen LogP contribution in [0.25, 0.3) is 0 Å². The van der Waals surface area contributed by atoms with Crippen LogP contribution in [0, 0.1) is 5.92 Å². The van der Waals surface area contributed by atoms with E-state index in [0.717, 1.165) is 18.9 Å². The number of halogens is 1. The molecule has 0 bridgehead atoms. The third kappa shape index (κ3) is 2.37. The van der Waals surface area contributed by atoms with Crippen molar-refractivity contribution in [3.8, 4) is 5.75 Å². The Balaban J connectivity index is 2.26. The number of methoxy groups -OCH3 is 1. The normalized spacial score (nSPS) is 23.8. The summed E-state index contributed by atoms with van der Waals surface area (Å²) in [5.41, 5.74) is 0. The summed E-state index contributed by atoms with van der Waals surface area (Å²) in [5.74, 6) is 1.93. The zero-order valence-electron chi connectivity index (χ0n) is 11.2. The number of anilines is 1. The summed E-state index contributed by atoms with van der Waals surface area (Å²) in [6, 6.07) is 0.517. The highest BCUT2D eigenvalue weighted by Crippen LogP contribution is 2.34. The molecule has 0 radical (unpaired) electrons. The second kappa shape index (κ2) is 5.28. The van der Waals surface area contributed by atoms with E-state index in [1.54, 1.807) is 7.11 Å². The van der Waals surface area contributed by atoms with Crippen molar-refractivity contribution in [3.05, 3.63) is 11.5 Å². The molecule has 0 aromatic carbocycles. The van der Waals surface area contributed by atoms with Gasteiger partial charge >= 0.3 is 0 Å². The lowest BCUT2D eigenvalue weighted by Gasteiger charge is -2.23. The molecule has 1 saturated heterocycles. The number of rotatable bonds is 3. The van der Waals surface area contributed by atoms with E-state index in [1.165, 1.54) is 6.33 Å². The van der Waals surface area contributed by atoms with Crippen LogP contribution in [-0.2, 0) is 0 Å². The van der Waals surface area contributed by atoms with Gasteiger partial charge in [0, 0.05) is 19.1 Å². The van der Waals surface area contributed by atoms with E-state index in [1.807, 2.05) is 0 Å². The summed E-state index contributed by atoms with van der Waals surface area (Å²) in [6.07, 6.45) is 1.48. The number of hydrogen-bond donors (Lipinski definition) is 0. The Morgan fingerprint density at radius 1 is 1.39 bits per heavy atom. The van der Waals surface area contributed by atoms with Gasteiger partial charge in [-0.3, -0.25) is 0 Å². The molecule has 1 aromatic heterocycles. The first-order valence-corrected chi connectivity index (χ1v) is 6.38. The van der Waals surface area contributed by atoms with Crippen LogP contribution in [0.2, 0.25) is 5.15 Å². The quantitative estimate of drug-likeness (QED) is 0.779. The highest BCUT2D eigenvalue weighted by molar-refractivity contribution is 6.31. The standard InChI is InChI=1S/C12H19ClN4O/c1-8-5-17(6-9(8)16(2)3)12-10(18-4)11(13)14-7-15-12/h7-9H,5-6H2,1-4H3. The summed E-state index contributed by atoms with van der Waals surface area (Å²) in [4.78, 5) is 12.7. The maximum Gasteiger partial charge on any atom is 0.199 e. The molecule has 0 N–H and O–H groups in total. The second-order valence-electron chi connectivity index (χ2n) is 4.93. The van der Waals surface area contributed by atoms with E-state index in [0.29, 0.717) is 22.9 Å². The van der Waals surface area contributed by atoms with Crippen LogP contribution < -0.4 is 9.64 Å². The molecule has 2 heterocycles. The highest BCUT2D eigenvalue weighted by Gasteiger charge is 2.33. The molecule has 1 aliphatic heterocycles. The molecule has 1 fully saturated rings. The SMILES string of the molecule is COc1c(Cl)ncnc1N1CC(C)C(N(C)C)C1. The zero-order chi connectivity index (χ0) is 13.3. The summed E-state index contributed by atoms with van der Waals surface area (Å²) >= 11 is 6.03. The van der Waals surface area contributed by atoms with E-state index in [-0.39, 0.29) is 0 Å². The molecular weight excluding hydrogens is 252 g/mol. The van der Waals surface area contributed by atoms with Crippen molar-refractivity contribution in [3.63, 3.8) is 0 Å². The van der Waals surface area contributed by atoms with Gasteiger partial charge in [-0.2, -0.15) is 0 Å². The Kier molecular flexibility index (Phi) is 3.92. The van der Waals surface area contributed by atoms with Gasteiger partial charge in [-0.1, -0.05) is 18.5 Å². The van der Waals surface area contributed by atoms with Crippen molar-refractivity contribution in [2.75, 3.05) is 39.2 Å². The molecule has 2 rings (SSSR count). The van der Waals surface area contributed by atoms with Crippen molar-refractivity contribution in [1.29, 1.82) is 0 Å². The van der Waals surface area contributed by atoms with Crippen molar-refractivity contribution in [2.45, 2.75) is 13.0 Å². The Morgan fingerprint density at radius 2 is 2.11 bits per heavy atom.